The van der Waals surface area contributed by atoms with Gasteiger partial charge in [0.25, 0.3) is 0 Å². The topological polar surface area (TPSA) is 38.9 Å². The molecule has 0 atom stereocenters. The predicted molar refractivity (Wildman–Crippen MR) is 48.1 cm³/mol. The van der Waals surface area contributed by atoms with Crippen LogP contribution >= 0.6 is 11.8 Å². The Morgan fingerprint density at radius 1 is 1.50 bits per heavy atom. The summed E-state index contributed by atoms with van der Waals surface area (Å²) in [6.45, 7) is 1.86. The fourth-order valence-electron chi connectivity index (χ4n) is 1.49. The molecule has 0 amide bonds. The first-order chi connectivity index (χ1) is 5.77. The van der Waals surface area contributed by atoms with Crippen molar-refractivity contribution in [2.45, 2.75) is 30.9 Å². The average molecular weight is 184 g/mol. The van der Waals surface area contributed by atoms with Crippen LogP contribution in [-0.4, -0.2) is 16.4 Å². The van der Waals surface area contributed by atoms with Crippen LogP contribution in [0.1, 0.15) is 31.0 Å². The van der Waals surface area contributed by atoms with E-state index in [1.807, 2.05) is 18.7 Å². The van der Waals surface area contributed by atoms with Gasteiger partial charge in [0.1, 0.15) is 0 Å². The van der Waals surface area contributed by atoms with E-state index in [1.54, 1.807) is 0 Å². The molecule has 0 aliphatic heterocycles. The van der Waals surface area contributed by atoms with Gasteiger partial charge in [0.05, 0.1) is 4.75 Å². The smallest absolute Gasteiger partial charge is 0.242 e. The first-order valence-electron chi connectivity index (χ1n) is 4.13. The summed E-state index contributed by atoms with van der Waals surface area (Å²) in [5.74, 6) is 1.56. The van der Waals surface area contributed by atoms with Gasteiger partial charge in [0.2, 0.25) is 5.89 Å². The van der Waals surface area contributed by atoms with E-state index in [1.165, 1.54) is 19.3 Å². The molecule has 4 heteroatoms. The maximum Gasteiger partial charge on any atom is 0.242 e. The lowest BCUT2D eigenvalue weighted by molar-refractivity contribution is 0.264. The van der Waals surface area contributed by atoms with Crippen LogP contribution in [0.25, 0.3) is 0 Å². The minimum atomic E-state index is 0.154. The zero-order chi connectivity index (χ0) is 8.60. The van der Waals surface area contributed by atoms with E-state index in [0.717, 1.165) is 11.7 Å². The molecular weight excluding hydrogens is 172 g/mol. The SMILES string of the molecule is CSC1(c2nc(C)no2)CCC1. The summed E-state index contributed by atoms with van der Waals surface area (Å²) in [6, 6.07) is 0. The highest BCUT2D eigenvalue weighted by Gasteiger charge is 2.42. The van der Waals surface area contributed by atoms with Crippen molar-refractivity contribution in [2.75, 3.05) is 6.26 Å². The Balaban J connectivity index is 2.27. The standard InChI is InChI=1S/C8H12N2OS/c1-6-9-7(11-10-6)8(12-2)4-3-5-8/h3-5H2,1-2H3. The lowest BCUT2D eigenvalue weighted by Crippen LogP contribution is -2.30. The molecule has 0 N–H and O–H groups in total. The number of aromatic nitrogens is 2. The highest BCUT2D eigenvalue weighted by molar-refractivity contribution is 7.99. The van der Waals surface area contributed by atoms with Crippen LogP contribution < -0.4 is 0 Å². The Morgan fingerprint density at radius 3 is 2.58 bits per heavy atom. The Hall–Kier alpha value is -0.510. The molecule has 1 aliphatic carbocycles. The van der Waals surface area contributed by atoms with Gasteiger partial charge in [0.15, 0.2) is 5.82 Å². The third kappa shape index (κ3) is 1.05. The van der Waals surface area contributed by atoms with E-state index >= 15 is 0 Å². The lowest BCUT2D eigenvalue weighted by Gasteiger charge is -2.36. The second-order valence-corrected chi connectivity index (χ2v) is 4.39. The van der Waals surface area contributed by atoms with Crippen LogP contribution in [0.5, 0.6) is 0 Å². The second kappa shape index (κ2) is 2.76. The summed E-state index contributed by atoms with van der Waals surface area (Å²) in [5, 5.41) is 3.81. The van der Waals surface area contributed by atoms with Crippen LogP contribution in [0.4, 0.5) is 0 Å². The number of hydrogen-bond acceptors (Lipinski definition) is 4. The quantitative estimate of drug-likeness (QED) is 0.705. The predicted octanol–water partition coefficient (Wildman–Crippen LogP) is 2.12. The maximum atomic E-state index is 5.18. The van der Waals surface area contributed by atoms with Crippen molar-refractivity contribution in [1.29, 1.82) is 0 Å². The summed E-state index contributed by atoms with van der Waals surface area (Å²) in [6.07, 6.45) is 5.74. The van der Waals surface area contributed by atoms with Gasteiger partial charge < -0.3 is 4.52 Å². The molecule has 0 unspecified atom stereocenters. The number of thioether (sulfide) groups is 1. The summed E-state index contributed by atoms with van der Waals surface area (Å²) >= 11 is 1.83. The van der Waals surface area contributed by atoms with Gasteiger partial charge >= 0.3 is 0 Å². The molecule has 0 bridgehead atoms. The molecule has 1 saturated carbocycles. The molecule has 0 saturated heterocycles. The van der Waals surface area contributed by atoms with Crippen LogP contribution in [-0.2, 0) is 4.75 Å². The third-order valence-electron chi connectivity index (χ3n) is 2.47. The monoisotopic (exact) mass is 184 g/mol. The molecule has 66 valence electrons. The zero-order valence-corrected chi connectivity index (χ0v) is 8.15. The first kappa shape index (κ1) is 8.10. The Kier molecular flexibility index (Phi) is 1.87. The fourth-order valence-corrected chi connectivity index (χ4v) is 2.44. The minimum Gasteiger partial charge on any atom is -0.338 e. The molecule has 1 fully saturated rings. The van der Waals surface area contributed by atoms with E-state index in [2.05, 4.69) is 16.4 Å². The van der Waals surface area contributed by atoms with E-state index in [9.17, 15) is 0 Å². The highest BCUT2D eigenvalue weighted by Crippen LogP contribution is 2.50. The summed E-state index contributed by atoms with van der Waals surface area (Å²) in [4.78, 5) is 4.28. The molecular formula is C8H12N2OS. The van der Waals surface area contributed by atoms with Gasteiger partial charge in [-0.05, 0) is 32.4 Å². The Morgan fingerprint density at radius 2 is 2.25 bits per heavy atom. The Bertz CT molecular complexity index is 275. The highest BCUT2D eigenvalue weighted by atomic mass is 32.2. The summed E-state index contributed by atoms with van der Waals surface area (Å²) in [7, 11) is 0. The molecule has 0 spiro atoms. The molecule has 0 aromatic carbocycles. The zero-order valence-electron chi connectivity index (χ0n) is 7.33. The Labute approximate surface area is 75.9 Å². The lowest BCUT2D eigenvalue weighted by atomic mass is 9.84. The van der Waals surface area contributed by atoms with Crippen LogP contribution in [0.2, 0.25) is 0 Å². The van der Waals surface area contributed by atoms with Crippen molar-refractivity contribution in [3.63, 3.8) is 0 Å². The molecule has 1 aliphatic rings. The molecule has 2 rings (SSSR count). The van der Waals surface area contributed by atoms with E-state index in [4.69, 9.17) is 4.52 Å². The number of nitrogens with zero attached hydrogens (tertiary/aromatic N) is 2. The summed E-state index contributed by atoms with van der Waals surface area (Å²) in [5.41, 5.74) is 0. The van der Waals surface area contributed by atoms with E-state index in [0.29, 0.717) is 0 Å². The number of hydrogen-bond donors (Lipinski definition) is 0. The van der Waals surface area contributed by atoms with Gasteiger partial charge in [0, 0.05) is 0 Å². The molecule has 0 radical (unpaired) electrons. The minimum absolute atomic E-state index is 0.154. The van der Waals surface area contributed by atoms with Gasteiger partial charge in [-0.3, -0.25) is 0 Å². The van der Waals surface area contributed by atoms with Gasteiger partial charge in [-0.25, -0.2) is 0 Å². The summed E-state index contributed by atoms with van der Waals surface area (Å²) < 4.78 is 5.33. The van der Waals surface area contributed by atoms with Crippen LogP contribution in [0.15, 0.2) is 4.52 Å². The molecule has 1 aromatic rings. The van der Waals surface area contributed by atoms with E-state index in [-0.39, 0.29) is 4.75 Å². The average Bonchev–Trinajstić information content (AvgIpc) is 2.35. The fraction of sp³-hybridized carbons (Fsp3) is 0.750. The number of aryl methyl sites for hydroxylation is 1. The second-order valence-electron chi connectivity index (χ2n) is 3.20. The van der Waals surface area contributed by atoms with E-state index < -0.39 is 0 Å². The van der Waals surface area contributed by atoms with Crippen molar-refractivity contribution in [3.8, 4) is 0 Å². The first-order valence-corrected chi connectivity index (χ1v) is 5.35. The van der Waals surface area contributed by atoms with Gasteiger partial charge in [-0.15, -0.1) is 11.8 Å². The third-order valence-corrected chi connectivity index (χ3v) is 3.83. The molecule has 3 nitrogen and oxygen atoms in total. The van der Waals surface area contributed by atoms with Gasteiger partial charge in [-0.1, -0.05) is 5.16 Å². The molecule has 12 heavy (non-hydrogen) atoms. The van der Waals surface area contributed by atoms with Crippen molar-refractivity contribution < 1.29 is 4.52 Å². The maximum absolute atomic E-state index is 5.18. The van der Waals surface area contributed by atoms with Crippen molar-refractivity contribution in [1.82, 2.24) is 10.1 Å². The van der Waals surface area contributed by atoms with Gasteiger partial charge in [-0.2, -0.15) is 4.98 Å². The van der Waals surface area contributed by atoms with Crippen LogP contribution in [0.3, 0.4) is 0 Å². The van der Waals surface area contributed by atoms with Crippen molar-refractivity contribution in [2.24, 2.45) is 0 Å². The number of rotatable bonds is 2. The normalized spacial score (nSPS) is 20.5. The van der Waals surface area contributed by atoms with Crippen molar-refractivity contribution in [3.05, 3.63) is 11.7 Å². The largest absolute Gasteiger partial charge is 0.338 e. The molecule has 1 heterocycles. The molecule has 1 aromatic heterocycles. The van der Waals surface area contributed by atoms with Crippen molar-refractivity contribution >= 4 is 11.8 Å². The van der Waals surface area contributed by atoms with Crippen LogP contribution in [0, 0.1) is 6.92 Å².